The number of amides is 1. The molecule has 2 unspecified atom stereocenters. The van der Waals surface area contributed by atoms with Crippen molar-refractivity contribution in [3.63, 3.8) is 0 Å². The summed E-state index contributed by atoms with van der Waals surface area (Å²) in [6.07, 6.45) is 6.04. The van der Waals surface area contributed by atoms with Crippen molar-refractivity contribution < 1.29 is 18.3 Å². The zero-order valence-electron chi connectivity index (χ0n) is 17.9. The molecule has 0 spiro atoms. The number of thiazole rings is 1. The number of carbonyl (C=O) groups excluding carboxylic acids is 1. The third-order valence-electron chi connectivity index (χ3n) is 6.20. The normalized spacial score (nSPS) is 22.2. The lowest BCUT2D eigenvalue weighted by Crippen LogP contribution is -2.39. The smallest absolute Gasteiger partial charge is 0.242 e. The van der Waals surface area contributed by atoms with E-state index in [9.17, 15) is 18.3 Å². The Kier molecular flexibility index (Phi) is 7.21. The summed E-state index contributed by atoms with van der Waals surface area (Å²) in [5, 5.41) is 13.4. The molecule has 4 rings (SSSR count). The zero-order chi connectivity index (χ0) is 22.9. The molecule has 2 atom stereocenters. The number of halogens is 1. The van der Waals surface area contributed by atoms with Crippen molar-refractivity contribution in [3.8, 4) is 10.4 Å². The molecule has 0 aliphatic heterocycles. The Morgan fingerprint density at radius 1 is 1.19 bits per heavy atom. The number of benzene rings is 1. The van der Waals surface area contributed by atoms with Crippen molar-refractivity contribution in [2.24, 2.45) is 5.92 Å². The topological polar surface area (TPSA) is 108 Å². The molecule has 174 valence electrons. The van der Waals surface area contributed by atoms with Crippen LogP contribution >= 0.6 is 22.9 Å². The maximum Gasteiger partial charge on any atom is 0.242 e. The summed E-state index contributed by atoms with van der Waals surface area (Å²) in [7, 11) is -3.86. The Balaban J connectivity index is 1.55. The summed E-state index contributed by atoms with van der Waals surface area (Å²) < 4.78 is 28.8. The van der Waals surface area contributed by atoms with E-state index in [4.69, 9.17) is 11.6 Å². The minimum Gasteiger partial charge on any atom is -0.393 e. The van der Waals surface area contributed by atoms with E-state index in [-0.39, 0.29) is 27.8 Å². The van der Waals surface area contributed by atoms with Gasteiger partial charge in [-0.1, -0.05) is 41.8 Å². The first-order chi connectivity index (χ1) is 15.2. The fourth-order valence-corrected chi connectivity index (χ4v) is 7.29. The van der Waals surface area contributed by atoms with Gasteiger partial charge < -0.3 is 10.4 Å². The molecule has 1 heterocycles. The van der Waals surface area contributed by atoms with Gasteiger partial charge in [0.25, 0.3) is 0 Å². The van der Waals surface area contributed by atoms with Gasteiger partial charge in [0.15, 0.2) is 5.13 Å². The van der Waals surface area contributed by atoms with Crippen LogP contribution in [0.4, 0.5) is 5.13 Å². The molecule has 7 nitrogen and oxygen atoms in total. The number of aliphatic hydroxyl groups is 1. The summed E-state index contributed by atoms with van der Waals surface area (Å²) in [6, 6.07) is 4.56. The molecule has 3 N–H and O–H groups in total. The zero-order valence-corrected chi connectivity index (χ0v) is 20.3. The first kappa shape index (κ1) is 23.6. The molecule has 2 saturated carbocycles. The standard InChI is InChI=1S/C22H28ClN3O4S2/c1-13-20(31-22(24-13)25-21(28)14-5-2-3-6-14)15-9-10-18(23)19(11-15)32(29,30)26-16-7-4-8-17(27)12-16/h9-11,14,16-17,26-27H,2-8,12H2,1H3,(H,24,25,28). The number of hydrogen-bond acceptors (Lipinski definition) is 6. The van der Waals surface area contributed by atoms with Gasteiger partial charge in [0, 0.05) is 12.0 Å². The third kappa shape index (κ3) is 5.34. The van der Waals surface area contributed by atoms with Crippen molar-refractivity contribution >= 4 is 44.0 Å². The van der Waals surface area contributed by atoms with Crippen LogP contribution in [0.2, 0.25) is 5.02 Å². The summed E-state index contributed by atoms with van der Waals surface area (Å²) in [4.78, 5) is 17.7. The Morgan fingerprint density at radius 3 is 2.66 bits per heavy atom. The van der Waals surface area contributed by atoms with Crippen molar-refractivity contribution in [1.29, 1.82) is 0 Å². The van der Waals surface area contributed by atoms with E-state index < -0.39 is 16.1 Å². The molecular formula is C22H28ClN3O4S2. The SMILES string of the molecule is Cc1nc(NC(=O)C2CCCC2)sc1-c1ccc(Cl)c(S(=O)(=O)NC2CCCC(O)C2)c1. The van der Waals surface area contributed by atoms with E-state index >= 15 is 0 Å². The Morgan fingerprint density at radius 2 is 1.94 bits per heavy atom. The van der Waals surface area contributed by atoms with Gasteiger partial charge in [-0.15, -0.1) is 0 Å². The molecule has 0 bridgehead atoms. The number of aliphatic hydroxyl groups excluding tert-OH is 1. The maximum absolute atomic E-state index is 13.0. The number of aryl methyl sites for hydroxylation is 1. The van der Waals surface area contributed by atoms with Gasteiger partial charge in [-0.05, 0) is 63.1 Å². The van der Waals surface area contributed by atoms with Crippen molar-refractivity contribution in [1.82, 2.24) is 9.71 Å². The van der Waals surface area contributed by atoms with Crippen LogP contribution < -0.4 is 10.0 Å². The largest absolute Gasteiger partial charge is 0.393 e. The molecule has 0 saturated heterocycles. The lowest BCUT2D eigenvalue weighted by Gasteiger charge is -2.26. The summed E-state index contributed by atoms with van der Waals surface area (Å²) >= 11 is 7.59. The molecule has 2 aliphatic rings. The number of nitrogens with one attached hydrogen (secondary N) is 2. The summed E-state index contributed by atoms with van der Waals surface area (Å²) in [5.41, 5.74) is 1.39. The van der Waals surface area contributed by atoms with Gasteiger partial charge in [0.1, 0.15) is 4.90 Å². The van der Waals surface area contributed by atoms with E-state index in [1.54, 1.807) is 18.2 Å². The Bertz CT molecular complexity index is 1100. The highest BCUT2D eigenvalue weighted by Crippen LogP contribution is 2.36. The van der Waals surface area contributed by atoms with Crippen molar-refractivity contribution in [2.45, 2.75) is 75.3 Å². The predicted octanol–water partition coefficient (Wildman–Crippen LogP) is 4.48. The first-order valence-electron chi connectivity index (χ1n) is 11.0. The molecule has 32 heavy (non-hydrogen) atoms. The van der Waals surface area contributed by atoms with Crippen LogP contribution in [0.1, 0.15) is 57.1 Å². The third-order valence-corrected chi connectivity index (χ3v) is 9.33. The monoisotopic (exact) mass is 497 g/mol. The fraction of sp³-hybridized carbons (Fsp3) is 0.545. The van der Waals surface area contributed by atoms with E-state index in [0.717, 1.165) is 37.0 Å². The average Bonchev–Trinajstić information content (AvgIpc) is 3.38. The van der Waals surface area contributed by atoms with Crippen LogP contribution in [0, 0.1) is 12.8 Å². The minimum atomic E-state index is -3.86. The number of carbonyl (C=O) groups is 1. The van der Waals surface area contributed by atoms with Crippen molar-refractivity contribution in [2.75, 3.05) is 5.32 Å². The second-order valence-electron chi connectivity index (χ2n) is 8.69. The number of aromatic nitrogens is 1. The molecule has 1 aromatic carbocycles. The highest BCUT2D eigenvalue weighted by Gasteiger charge is 2.28. The predicted molar refractivity (Wildman–Crippen MR) is 126 cm³/mol. The first-order valence-corrected chi connectivity index (χ1v) is 13.7. The molecule has 10 heteroatoms. The summed E-state index contributed by atoms with van der Waals surface area (Å²) in [6.45, 7) is 1.83. The second-order valence-corrected chi connectivity index (χ2v) is 11.8. The Labute approximate surface area is 197 Å². The molecule has 2 fully saturated rings. The van der Waals surface area contributed by atoms with Gasteiger partial charge in [-0.2, -0.15) is 0 Å². The van der Waals surface area contributed by atoms with Crippen LogP contribution in [0.25, 0.3) is 10.4 Å². The molecule has 2 aromatic rings. The molecular weight excluding hydrogens is 470 g/mol. The van der Waals surface area contributed by atoms with Gasteiger partial charge in [-0.25, -0.2) is 18.1 Å². The lowest BCUT2D eigenvalue weighted by molar-refractivity contribution is -0.119. The average molecular weight is 498 g/mol. The van der Waals surface area contributed by atoms with Crippen molar-refractivity contribution in [3.05, 3.63) is 28.9 Å². The minimum absolute atomic E-state index is 0.000965. The van der Waals surface area contributed by atoms with Crippen LogP contribution in [0.15, 0.2) is 23.1 Å². The van der Waals surface area contributed by atoms with Gasteiger partial charge >= 0.3 is 0 Å². The second kappa shape index (κ2) is 9.77. The molecule has 1 amide bonds. The number of nitrogens with zero attached hydrogens (tertiary/aromatic N) is 1. The summed E-state index contributed by atoms with van der Waals surface area (Å²) in [5.74, 6) is 0.0420. The highest BCUT2D eigenvalue weighted by atomic mass is 35.5. The highest BCUT2D eigenvalue weighted by molar-refractivity contribution is 7.89. The molecule has 1 aromatic heterocycles. The maximum atomic E-state index is 13.0. The van der Waals surface area contributed by atoms with Gasteiger partial charge in [-0.3, -0.25) is 4.79 Å². The molecule has 2 aliphatic carbocycles. The van der Waals surface area contributed by atoms with Gasteiger partial charge in [0.05, 0.1) is 21.7 Å². The fourth-order valence-electron chi connectivity index (χ4n) is 4.52. The number of hydrogen-bond donors (Lipinski definition) is 3. The van der Waals surface area contributed by atoms with Gasteiger partial charge in [0.2, 0.25) is 15.9 Å². The lowest BCUT2D eigenvalue weighted by atomic mass is 9.94. The quantitative estimate of drug-likeness (QED) is 0.545. The Hall–Kier alpha value is -1.52. The van der Waals surface area contributed by atoms with E-state index in [0.29, 0.717) is 35.7 Å². The molecule has 0 radical (unpaired) electrons. The van der Waals surface area contributed by atoms with Crippen LogP contribution in [-0.4, -0.2) is 36.6 Å². The van der Waals surface area contributed by atoms with Crippen LogP contribution in [0.3, 0.4) is 0 Å². The van der Waals surface area contributed by atoms with E-state index in [2.05, 4.69) is 15.0 Å². The number of anilines is 1. The number of rotatable bonds is 6. The van der Waals surface area contributed by atoms with Crippen LogP contribution in [0.5, 0.6) is 0 Å². The van der Waals surface area contributed by atoms with E-state index in [1.165, 1.54) is 11.3 Å². The van der Waals surface area contributed by atoms with E-state index in [1.807, 2.05) is 6.92 Å². The van der Waals surface area contributed by atoms with Crippen LogP contribution in [-0.2, 0) is 14.8 Å². The number of sulfonamides is 1.